The molecular formula is C18H12F3N5OS. The topological polar surface area (TPSA) is 72.2 Å². The van der Waals surface area contributed by atoms with Crippen LogP contribution in [0.1, 0.15) is 21.6 Å². The van der Waals surface area contributed by atoms with Gasteiger partial charge in [-0.25, -0.2) is 0 Å². The van der Waals surface area contributed by atoms with E-state index >= 15 is 0 Å². The van der Waals surface area contributed by atoms with E-state index in [0.29, 0.717) is 16.8 Å². The molecule has 10 heteroatoms. The molecule has 0 saturated carbocycles. The molecule has 0 bridgehead atoms. The highest BCUT2D eigenvalue weighted by Crippen LogP contribution is 2.29. The van der Waals surface area contributed by atoms with Crippen molar-refractivity contribution in [1.82, 2.24) is 25.1 Å². The Morgan fingerprint density at radius 2 is 1.96 bits per heavy atom. The molecule has 0 radical (unpaired) electrons. The van der Waals surface area contributed by atoms with Crippen molar-refractivity contribution in [3.05, 3.63) is 70.3 Å². The van der Waals surface area contributed by atoms with Crippen LogP contribution in [0.5, 0.6) is 0 Å². The molecule has 0 saturated heterocycles. The number of hydrogen-bond acceptors (Lipinski definition) is 5. The van der Waals surface area contributed by atoms with Gasteiger partial charge in [0, 0.05) is 12.1 Å². The summed E-state index contributed by atoms with van der Waals surface area (Å²) in [7, 11) is 0. The van der Waals surface area contributed by atoms with Gasteiger partial charge in [0.25, 0.3) is 5.91 Å². The van der Waals surface area contributed by atoms with Gasteiger partial charge in [0.05, 0.1) is 5.56 Å². The summed E-state index contributed by atoms with van der Waals surface area (Å²) in [5.41, 5.74) is 2.10. The predicted octanol–water partition coefficient (Wildman–Crippen LogP) is 3.80. The largest absolute Gasteiger partial charge is 0.416 e. The summed E-state index contributed by atoms with van der Waals surface area (Å²) in [6.45, 7) is 0.0760. The van der Waals surface area contributed by atoms with Crippen LogP contribution in [0.25, 0.3) is 16.8 Å². The first-order valence-corrected chi connectivity index (χ1v) is 9.04. The first-order valence-electron chi connectivity index (χ1n) is 8.10. The minimum atomic E-state index is -4.39. The van der Waals surface area contributed by atoms with Crippen molar-refractivity contribution in [3.8, 4) is 11.1 Å². The van der Waals surface area contributed by atoms with E-state index in [1.54, 1.807) is 6.07 Å². The van der Waals surface area contributed by atoms with Gasteiger partial charge in [0.1, 0.15) is 12.0 Å². The smallest absolute Gasteiger partial charge is 0.347 e. The molecule has 6 nitrogen and oxygen atoms in total. The number of thiophene rings is 1. The van der Waals surface area contributed by atoms with Gasteiger partial charge in [-0.3, -0.25) is 4.79 Å². The fraction of sp³-hybridized carbons (Fsp3) is 0.111. The van der Waals surface area contributed by atoms with Gasteiger partial charge >= 0.3 is 6.18 Å². The second-order valence-electron chi connectivity index (χ2n) is 5.93. The molecular weight excluding hydrogens is 391 g/mol. The molecule has 0 atom stereocenters. The summed E-state index contributed by atoms with van der Waals surface area (Å²) in [4.78, 5) is 12.5. The van der Waals surface area contributed by atoms with Crippen LogP contribution in [0.2, 0.25) is 0 Å². The summed E-state index contributed by atoms with van der Waals surface area (Å²) in [5, 5.41) is 18.6. The number of alkyl halides is 3. The molecule has 0 aliphatic rings. The number of benzene rings is 1. The number of nitrogens with one attached hydrogen (secondary N) is 1. The third-order valence-electron chi connectivity index (χ3n) is 4.07. The highest BCUT2D eigenvalue weighted by Gasteiger charge is 2.29. The zero-order chi connectivity index (χ0) is 19.7. The maximum absolute atomic E-state index is 12.6. The van der Waals surface area contributed by atoms with Crippen molar-refractivity contribution < 1.29 is 18.0 Å². The molecule has 1 amide bonds. The maximum Gasteiger partial charge on any atom is 0.416 e. The standard InChI is InChI=1S/C18H12F3N5OS/c19-18(20,21)13-3-1-11(2-4-13)8-22-17(27)15-7-14(12-5-6-28-9-12)16-24-23-10-26(16)25-15/h1-7,9-10H,8H2,(H,22,27). The Hall–Kier alpha value is -3.27. The second kappa shape index (κ2) is 7.04. The summed E-state index contributed by atoms with van der Waals surface area (Å²) in [6.07, 6.45) is -2.99. The normalized spacial score (nSPS) is 11.7. The molecule has 4 rings (SSSR count). The molecule has 0 unspecified atom stereocenters. The lowest BCUT2D eigenvalue weighted by molar-refractivity contribution is -0.137. The number of fused-ring (bicyclic) bond motifs is 1. The van der Waals surface area contributed by atoms with Gasteiger partial charge in [-0.1, -0.05) is 12.1 Å². The molecule has 3 heterocycles. The lowest BCUT2D eigenvalue weighted by Crippen LogP contribution is -2.24. The first kappa shape index (κ1) is 18.1. The number of rotatable bonds is 4. The number of carbonyl (C=O) groups excluding carboxylic acids is 1. The maximum atomic E-state index is 12.6. The fourth-order valence-corrected chi connectivity index (χ4v) is 3.31. The zero-order valence-corrected chi connectivity index (χ0v) is 15.0. The van der Waals surface area contributed by atoms with Crippen molar-refractivity contribution in [1.29, 1.82) is 0 Å². The zero-order valence-electron chi connectivity index (χ0n) is 14.1. The number of halogens is 3. The molecule has 0 aliphatic heterocycles. The summed E-state index contributed by atoms with van der Waals surface area (Å²) < 4.78 is 39.3. The van der Waals surface area contributed by atoms with E-state index in [2.05, 4.69) is 20.6 Å². The molecule has 0 fully saturated rings. The van der Waals surface area contributed by atoms with Crippen LogP contribution in [0.3, 0.4) is 0 Å². The van der Waals surface area contributed by atoms with Gasteiger partial charge < -0.3 is 5.32 Å². The van der Waals surface area contributed by atoms with Crippen molar-refractivity contribution >= 4 is 22.9 Å². The number of aromatic nitrogens is 4. The van der Waals surface area contributed by atoms with Gasteiger partial charge in [0.2, 0.25) is 0 Å². The monoisotopic (exact) mass is 403 g/mol. The average molecular weight is 403 g/mol. The van der Waals surface area contributed by atoms with E-state index < -0.39 is 17.6 Å². The lowest BCUT2D eigenvalue weighted by Gasteiger charge is -2.09. The van der Waals surface area contributed by atoms with E-state index in [4.69, 9.17) is 0 Å². The van der Waals surface area contributed by atoms with Crippen molar-refractivity contribution in [2.75, 3.05) is 0 Å². The molecule has 28 heavy (non-hydrogen) atoms. The van der Waals surface area contributed by atoms with Crippen LogP contribution in [0.4, 0.5) is 13.2 Å². The molecule has 0 spiro atoms. The first-order chi connectivity index (χ1) is 13.4. The Morgan fingerprint density at radius 3 is 2.64 bits per heavy atom. The molecule has 0 aliphatic carbocycles. The molecule has 1 aromatic carbocycles. The average Bonchev–Trinajstić information content (AvgIpc) is 3.36. The van der Waals surface area contributed by atoms with Crippen molar-refractivity contribution in [2.45, 2.75) is 12.7 Å². The van der Waals surface area contributed by atoms with Crippen LogP contribution >= 0.6 is 11.3 Å². The third-order valence-corrected chi connectivity index (χ3v) is 4.75. The fourth-order valence-electron chi connectivity index (χ4n) is 2.65. The van der Waals surface area contributed by atoms with E-state index in [9.17, 15) is 18.0 Å². The number of carbonyl (C=O) groups is 1. The van der Waals surface area contributed by atoms with E-state index in [0.717, 1.165) is 17.7 Å². The van der Waals surface area contributed by atoms with Gasteiger partial charge in [0.15, 0.2) is 5.65 Å². The predicted molar refractivity (Wildman–Crippen MR) is 96.7 cm³/mol. The minimum Gasteiger partial charge on any atom is -0.347 e. The van der Waals surface area contributed by atoms with E-state index in [-0.39, 0.29) is 12.2 Å². The van der Waals surface area contributed by atoms with Gasteiger partial charge in [-0.15, -0.1) is 10.2 Å². The van der Waals surface area contributed by atoms with Gasteiger partial charge in [-0.05, 0) is 46.2 Å². The van der Waals surface area contributed by atoms with Crippen LogP contribution in [0.15, 0.2) is 53.5 Å². The Labute approximate surface area is 160 Å². The number of nitrogens with zero attached hydrogens (tertiary/aromatic N) is 4. The number of amides is 1. The van der Waals surface area contributed by atoms with E-state index in [1.165, 1.54) is 34.3 Å². The minimum absolute atomic E-state index is 0.0760. The summed E-state index contributed by atoms with van der Waals surface area (Å²) in [5.74, 6) is -0.452. The summed E-state index contributed by atoms with van der Waals surface area (Å²) >= 11 is 1.51. The highest BCUT2D eigenvalue weighted by atomic mass is 32.1. The van der Waals surface area contributed by atoms with Crippen molar-refractivity contribution in [3.63, 3.8) is 0 Å². The Bertz CT molecular complexity index is 1120. The summed E-state index contributed by atoms with van der Waals surface area (Å²) in [6, 6.07) is 8.15. The van der Waals surface area contributed by atoms with Crippen LogP contribution < -0.4 is 5.32 Å². The third kappa shape index (κ3) is 3.58. The van der Waals surface area contributed by atoms with Crippen LogP contribution in [0, 0.1) is 0 Å². The highest BCUT2D eigenvalue weighted by molar-refractivity contribution is 7.08. The van der Waals surface area contributed by atoms with Gasteiger partial charge in [-0.2, -0.15) is 34.1 Å². The second-order valence-corrected chi connectivity index (χ2v) is 6.71. The SMILES string of the molecule is O=C(NCc1ccc(C(F)(F)F)cc1)c1cc(-c2ccsc2)c2nncn2n1. The Kier molecular flexibility index (Phi) is 4.55. The van der Waals surface area contributed by atoms with Crippen LogP contribution in [-0.4, -0.2) is 25.7 Å². The molecule has 3 aromatic heterocycles. The van der Waals surface area contributed by atoms with Crippen molar-refractivity contribution in [2.24, 2.45) is 0 Å². The Morgan fingerprint density at radius 1 is 1.18 bits per heavy atom. The van der Waals surface area contributed by atoms with Crippen LogP contribution in [-0.2, 0) is 12.7 Å². The quantitative estimate of drug-likeness (QED) is 0.563. The van der Waals surface area contributed by atoms with E-state index in [1.807, 2.05) is 16.8 Å². The number of hydrogen-bond donors (Lipinski definition) is 1. The lowest BCUT2D eigenvalue weighted by atomic mass is 10.1. The molecule has 1 N–H and O–H groups in total. The Balaban J connectivity index is 1.54. The molecule has 4 aromatic rings. The molecule has 142 valence electrons.